The highest BCUT2D eigenvalue weighted by Gasteiger charge is 2.33. The maximum atomic E-state index is 13.0. The Balaban J connectivity index is 1.51. The zero-order valence-corrected chi connectivity index (χ0v) is 13.1. The second-order valence-electron chi connectivity index (χ2n) is 6.22. The molecule has 0 spiro atoms. The lowest BCUT2D eigenvalue weighted by molar-refractivity contribution is -0.122. The van der Waals surface area contributed by atoms with Crippen LogP contribution >= 0.6 is 0 Å². The molecule has 2 aliphatic rings. The average Bonchev–Trinajstić information content (AvgIpc) is 3.06. The maximum Gasteiger partial charge on any atom is 0.231 e. The molecule has 0 bridgehead atoms. The first kappa shape index (κ1) is 14.2. The van der Waals surface area contributed by atoms with Crippen molar-refractivity contribution in [3.05, 3.63) is 48.4 Å². The van der Waals surface area contributed by atoms with Crippen molar-refractivity contribution < 1.29 is 4.79 Å². The summed E-state index contributed by atoms with van der Waals surface area (Å²) in [5.41, 5.74) is 2.37. The van der Waals surface area contributed by atoms with Crippen LogP contribution in [0.25, 0.3) is 0 Å². The van der Waals surface area contributed by atoms with Crippen molar-refractivity contribution in [2.45, 2.75) is 19.3 Å². The lowest BCUT2D eigenvalue weighted by Gasteiger charge is -2.34. The standard InChI is InChI=1S/C18H20N4O/c23-18(22-11-7-14-4-1-2-6-16(14)22)15-5-3-10-21(13-15)17-12-19-8-9-20-17/h1-2,4,6,8-9,12,15H,3,5,7,10-11,13H2/t15-/m1/s1. The molecule has 1 saturated heterocycles. The van der Waals surface area contributed by atoms with Crippen LogP contribution in [0.5, 0.6) is 0 Å². The van der Waals surface area contributed by atoms with Crippen LogP contribution in [-0.2, 0) is 11.2 Å². The number of piperidine rings is 1. The summed E-state index contributed by atoms with van der Waals surface area (Å²) in [5, 5.41) is 0. The molecule has 118 valence electrons. The Bertz CT molecular complexity index is 703. The van der Waals surface area contributed by atoms with Gasteiger partial charge in [0.2, 0.25) is 5.91 Å². The van der Waals surface area contributed by atoms with Gasteiger partial charge >= 0.3 is 0 Å². The molecule has 1 atom stereocenters. The van der Waals surface area contributed by atoms with Gasteiger partial charge in [-0.1, -0.05) is 18.2 Å². The quantitative estimate of drug-likeness (QED) is 0.854. The van der Waals surface area contributed by atoms with E-state index in [1.807, 2.05) is 17.0 Å². The van der Waals surface area contributed by atoms with E-state index in [2.05, 4.69) is 27.0 Å². The van der Waals surface area contributed by atoms with Crippen LogP contribution in [0.4, 0.5) is 11.5 Å². The predicted octanol–water partition coefficient (Wildman–Crippen LogP) is 2.28. The topological polar surface area (TPSA) is 49.3 Å². The molecule has 5 nitrogen and oxygen atoms in total. The van der Waals surface area contributed by atoms with Gasteiger partial charge in [0, 0.05) is 37.7 Å². The van der Waals surface area contributed by atoms with E-state index in [9.17, 15) is 4.79 Å². The van der Waals surface area contributed by atoms with Crippen LogP contribution < -0.4 is 9.80 Å². The highest BCUT2D eigenvalue weighted by atomic mass is 16.2. The Morgan fingerprint density at radius 3 is 2.96 bits per heavy atom. The highest BCUT2D eigenvalue weighted by Crippen LogP contribution is 2.31. The Kier molecular flexibility index (Phi) is 3.69. The summed E-state index contributed by atoms with van der Waals surface area (Å²) in [6.45, 7) is 2.48. The molecule has 2 aromatic rings. The molecule has 4 rings (SSSR count). The van der Waals surface area contributed by atoms with E-state index >= 15 is 0 Å². The average molecular weight is 308 g/mol. The summed E-state index contributed by atoms with van der Waals surface area (Å²) < 4.78 is 0. The van der Waals surface area contributed by atoms with Gasteiger partial charge in [-0.05, 0) is 30.9 Å². The molecule has 2 aliphatic heterocycles. The summed E-state index contributed by atoms with van der Waals surface area (Å²) in [4.78, 5) is 25.7. The monoisotopic (exact) mass is 308 g/mol. The van der Waals surface area contributed by atoms with Crippen LogP contribution in [0, 0.1) is 5.92 Å². The fraction of sp³-hybridized carbons (Fsp3) is 0.389. The van der Waals surface area contributed by atoms with Gasteiger partial charge in [0.1, 0.15) is 5.82 Å². The molecule has 0 aliphatic carbocycles. The smallest absolute Gasteiger partial charge is 0.231 e. The van der Waals surface area contributed by atoms with Crippen LogP contribution in [0.1, 0.15) is 18.4 Å². The number of aromatic nitrogens is 2. The molecule has 0 saturated carbocycles. The predicted molar refractivity (Wildman–Crippen MR) is 89.5 cm³/mol. The number of carbonyl (C=O) groups excluding carboxylic acids is 1. The second-order valence-corrected chi connectivity index (χ2v) is 6.22. The van der Waals surface area contributed by atoms with E-state index in [1.54, 1.807) is 18.6 Å². The molecule has 0 radical (unpaired) electrons. The Hall–Kier alpha value is -2.43. The highest BCUT2D eigenvalue weighted by molar-refractivity contribution is 5.97. The van der Waals surface area contributed by atoms with Crippen LogP contribution in [0.2, 0.25) is 0 Å². The molecule has 5 heteroatoms. The summed E-state index contributed by atoms with van der Waals surface area (Å²) >= 11 is 0. The van der Waals surface area contributed by atoms with Crippen molar-refractivity contribution in [3.8, 4) is 0 Å². The number of rotatable bonds is 2. The summed E-state index contributed by atoms with van der Waals surface area (Å²) in [5.74, 6) is 1.16. The fourth-order valence-electron chi connectivity index (χ4n) is 3.63. The van der Waals surface area contributed by atoms with Crippen molar-refractivity contribution in [1.29, 1.82) is 0 Å². The van der Waals surface area contributed by atoms with Crippen molar-refractivity contribution in [2.75, 3.05) is 29.4 Å². The molecule has 1 aromatic heterocycles. The Morgan fingerprint density at radius 1 is 1.17 bits per heavy atom. The van der Waals surface area contributed by atoms with Crippen molar-refractivity contribution >= 4 is 17.4 Å². The van der Waals surface area contributed by atoms with Gasteiger partial charge in [0.25, 0.3) is 0 Å². The van der Waals surface area contributed by atoms with Crippen LogP contribution in [0.15, 0.2) is 42.9 Å². The molecule has 3 heterocycles. The van der Waals surface area contributed by atoms with E-state index < -0.39 is 0 Å². The summed E-state index contributed by atoms with van der Waals surface area (Å²) in [7, 11) is 0. The van der Waals surface area contributed by atoms with Gasteiger partial charge in [0.15, 0.2) is 0 Å². The number of fused-ring (bicyclic) bond motifs is 1. The minimum absolute atomic E-state index is 0.0388. The minimum atomic E-state index is 0.0388. The maximum absolute atomic E-state index is 13.0. The van der Waals surface area contributed by atoms with Crippen molar-refractivity contribution in [3.63, 3.8) is 0 Å². The SMILES string of the molecule is O=C([C@@H]1CCCN(c2cnccn2)C1)N1CCc2ccccc21. The molecular formula is C18H20N4O. The van der Waals surface area contributed by atoms with E-state index in [-0.39, 0.29) is 11.8 Å². The summed E-state index contributed by atoms with van der Waals surface area (Å²) in [6.07, 6.45) is 8.09. The first-order valence-corrected chi connectivity index (χ1v) is 8.23. The van der Waals surface area contributed by atoms with E-state index in [1.165, 1.54) is 5.56 Å². The number of carbonyl (C=O) groups is 1. The number of benzene rings is 1. The Morgan fingerprint density at radius 2 is 2.09 bits per heavy atom. The molecule has 23 heavy (non-hydrogen) atoms. The lowest BCUT2D eigenvalue weighted by Crippen LogP contribution is -2.44. The van der Waals surface area contributed by atoms with E-state index in [0.717, 1.165) is 50.4 Å². The first-order valence-electron chi connectivity index (χ1n) is 8.23. The molecule has 0 unspecified atom stereocenters. The minimum Gasteiger partial charge on any atom is -0.355 e. The number of anilines is 2. The van der Waals surface area contributed by atoms with Gasteiger partial charge in [0.05, 0.1) is 12.1 Å². The molecular weight excluding hydrogens is 288 g/mol. The van der Waals surface area contributed by atoms with E-state index in [4.69, 9.17) is 0 Å². The molecule has 1 fully saturated rings. The number of para-hydroxylation sites is 1. The molecule has 0 N–H and O–H groups in total. The number of nitrogens with zero attached hydrogens (tertiary/aromatic N) is 4. The summed E-state index contributed by atoms with van der Waals surface area (Å²) in [6, 6.07) is 8.24. The van der Waals surface area contributed by atoms with Gasteiger partial charge in [-0.15, -0.1) is 0 Å². The van der Waals surface area contributed by atoms with Gasteiger partial charge in [-0.2, -0.15) is 0 Å². The third-order valence-corrected chi connectivity index (χ3v) is 4.80. The van der Waals surface area contributed by atoms with Crippen molar-refractivity contribution in [2.24, 2.45) is 5.92 Å². The number of amides is 1. The zero-order chi connectivity index (χ0) is 15.6. The molecule has 1 amide bonds. The van der Waals surface area contributed by atoms with Gasteiger partial charge in [-0.3, -0.25) is 9.78 Å². The largest absolute Gasteiger partial charge is 0.355 e. The van der Waals surface area contributed by atoms with Crippen LogP contribution in [-0.4, -0.2) is 35.5 Å². The van der Waals surface area contributed by atoms with Gasteiger partial charge < -0.3 is 9.80 Å². The normalized spacial score (nSPS) is 20.4. The van der Waals surface area contributed by atoms with E-state index in [0.29, 0.717) is 0 Å². The molecule has 1 aromatic carbocycles. The fourth-order valence-corrected chi connectivity index (χ4v) is 3.63. The number of hydrogen-bond acceptors (Lipinski definition) is 4. The lowest BCUT2D eigenvalue weighted by atomic mass is 9.96. The second kappa shape index (κ2) is 5.99. The third-order valence-electron chi connectivity index (χ3n) is 4.80. The Labute approximate surface area is 136 Å². The van der Waals surface area contributed by atoms with Crippen molar-refractivity contribution in [1.82, 2.24) is 9.97 Å². The van der Waals surface area contributed by atoms with Gasteiger partial charge in [-0.25, -0.2) is 4.98 Å². The third kappa shape index (κ3) is 2.67. The zero-order valence-electron chi connectivity index (χ0n) is 13.1. The van der Waals surface area contributed by atoms with Crippen LogP contribution in [0.3, 0.4) is 0 Å². The number of hydrogen-bond donors (Lipinski definition) is 0. The first-order chi connectivity index (χ1) is 11.3.